The predicted octanol–water partition coefficient (Wildman–Crippen LogP) is 0.513. The van der Waals surface area contributed by atoms with Gasteiger partial charge in [0.1, 0.15) is 6.04 Å². The molecule has 5 aliphatic rings. The molecule has 7 atom stereocenters. The van der Waals surface area contributed by atoms with Crippen LogP contribution in [0, 0.1) is 35.5 Å². The van der Waals surface area contributed by atoms with Crippen LogP contribution in [0.2, 0.25) is 0 Å². The van der Waals surface area contributed by atoms with Crippen molar-refractivity contribution in [3.63, 3.8) is 0 Å². The normalized spacial score (nSPS) is 47.1. The molecule has 0 spiro atoms. The first-order valence-electron chi connectivity index (χ1n) is 6.80. The van der Waals surface area contributed by atoms with E-state index in [0.717, 1.165) is 11.3 Å². The maximum atomic E-state index is 12.5. The summed E-state index contributed by atoms with van der Waals surface area (Å²) in [5.74, 6) is -0.845. The van der Waals surface area contributed by atoms with E-state index in [1.54, 1.807) is 0 Å². The number of rotatable bonds is 2. The maximum Gasteiger partial charge on any atom is 0.326 e. The highest BCUT2D eigenvalue weighted by Crippen LogP contribution is 2.65. The molecule has 0 aromatic heterocycles. The van der Waals surface area contributed by atoms with Gasteiger partial charge in [0.25, 0.3) is 0 Å². The van der Waals surface area contributed by atoms with Crippen molar-refractivity contribution in [2.45, 2.75) is 19.4 Å². The van der Waals surface area contributed by atoms with Crippen molar-refractivity contribution in [3.8, 4) is 0 Å². The lowest BCUT2D eigenvalue weighted by Crippen LogP contribution is -2.43. The molecule has 0 unspecified atom stereocenters. The Balaban J connectivity index is 1.74. The second-order valence-electron chi connectivity index (χ2n) is 6.22. The van der Waals surface area contributed by atoms with Gasteiger partial charge in [0.05, 0.1) is 11.8 Å². The number of hydrogen-bond acceptors (Lipinski definition) is 3. The maximum absolute atomic E-state index is 12.5. The molecule has 4 aliphatic carbocycles. The zero-order chi connectivity index (χ0) is 13.5. The van der Waals surface area contributed by atoms with Crippen LogP contribution in [0.3, 0.4) is 0 Å². The first kappa shape index (κ1) is 11.2. The SMILES string of the molecule is C[C@@H](C(=O)O)N1C(=O)[C@@H]2[C@@H]3C=C[C@H]([C@H]4C[C@@H]34)[C@@H]2C1=O. The standard InChI is InChI=1S/C14H15NO4/c1-5(14(18)19)15-12(16)10-6-2-3-7(9-4-8(6)9)11(10)13(15)17/h2-3,5-11H,4H2,1H3,(H,18,19)/t5-,6+,7+,8-,9+,10+,11-/m0/s1. The van der Waals surface area contributed by atoms with Gasteiger partial charge in [-0.25, -0.2) is 4.79 Å². The molecule has 19 heavy (non-hydrogen) atoms. The monoisotopic (exact) mass is 261 g/mol. The molecular formula is C14H15NO4. The van der Waals surface area contributed by atoms with E-state index in [9.17, 15) is 14.4 Å². The number of likely N-dealkylation sites (tertiary alicyclic amines) is 1. The molecule has 2 saturated carbocycles. The molecule has 5 rings (SSSR count). The van der Waals surface area contributed by atoms with Gasteiger partial charge in [0.2, 0.25) is 11.8 Å². The highest BCUT2D eigenvalue weighted by molar-refractivity contribution is 6.08. The first-order valence-corrected chi connectivity index (χ1v) is 6.80. The molecule has 100 valence electrons. The largest absolute Gasteiger partial charge is 0.480 e. The van der Waals surface area contributed by atoms with Crippen LogP contribution in [0.5, 0.6) is 0 Å². The molecule has 5 nitrogen and oxygen atoms in total. The van der Waals surface area contributed by atoms with Gasteiger partial charge in [0, 0.05) is 0 Å². The lowest BCUT2D eigenvalue weighted by atomic mass is 9.63. The van der Waals surface area contributed by atoms with Gasteiger partial charge in [-0.1, -0.05) is 12.2 Å². The van der Waals surface area contributed by atoms with E-state index in [1.807, 2.05) is 0 Å². The number of imide groups is 1. The van der Waals surface area contributed by atoms with Gasteiger partial charge < -0.3 is 5.11 Å². The van der Waals surface area contributed by atoms with Crippen molar-refractivity contribution in [1.29, 1.82) is 0 Å². The van der Waals surface area contributed by atoms with Crippen molar-refractivity contribution in [2.75, 3.05) is 0 Å². The van der Waals surface area contributed by atoms with Crippen LogP contribution in [0.4, 0.5) is 0 Å². The first-order chi connectivity index (χ1) is 9.02. The fraction of sp³-hybridized carbons (Fsp3) is 0.643. The van der Waals surface area contributed by atoms with Gasteiger partial charge in [-0.15, -0.1) is 0 Å². The molecule has 0 radical (unpaired) electrons. The Bertz CT molecular complexity index is 504. The van der Waals surface area contributed by atoms with E-state index in [1.165, 1.54) is 6.92 Å². The summed E-state index contributed by atoms with van der Waals surface area (Å²) in [6, 6.07) is -1.05. The van der Waals surface area contributed by atoms with Crippen molar-refractivity contribution in [3.05, 3.63) is 12.2 Å². The number of aliphatic carboxylic acids is 1. The minimum absolute atomic E-state index is 0.155. The quantitative estimate of drug-likeness (QED) is 0.580. The Labute approximate surface area is 110 Å². The fourth-order valence-corrected chi connectivity index (χ4v) is 4.47. The number of carbonyl (C=O) groups excluding carboxylic acids is 2. The summed E-state index contributed by atoms with van der Waals surface area (Å²) in [6.07, 6.45) is 5.28. The van der Waals surface area contributed by atoms with Crippen LogP contribution in [0.1, 0.15) is 13.3 Å². The van der Waals surface area contributed by atoms with Gasteiger partial charge in [-0.05, 0) is 37.0 Å². The smallest absolute Gasteiger partial charge is 0.326 e. The minimum atomic E-state index is -1.12. The molecule has 1 saturated heterocycles. The summed E-state index contributed by atoms with van der Waals surface area (Å²) in [5, 5.41) is 9.06. The van der Waals surface area contributed by atoms with E-state index >= 15 is 0 Å². The van der Waals surface area contributed by atoms with Gasteiger partial charge >= 0.3 is 5.97 Å². The lowest BCUT2D eigenvalue weighted by Gasteiger charge is -2.37. The lowest BCUT2D eigenvalue weighted by molar-refractivity contribution is -0.154. The molecule has 1 heterocycles. The third kappa shape index (κ3) is 1.18. The Morgan fingerprint density at radius 1 is 1.21 bits per heavy atom. The summed E-state index contributed by atoms with van der Waals surface area (Å²) in [7, 11) is 0. The van der Waals surface area contributed by atoms with E-state index in [2.05, 4.69) is 12.2 Å². The number of hydrogen-bond donors (Lipinski definition) is 1. The predicted molar refractivity (Wildman–Crippen MR) is 63.6 cm³/mol. The zero-order valence-corrected chi connectivity index (χ0v) is 10.5. The molecule has 0 aromatic rings. The average Bonchev–Trinajstić information content (AvgIpc) is 3.14. The molecule has 1 aliphatic heterocycles. The highest BCUT2D eigenvalue weighted by atomic mass is 16.4. The molecular weight excluding hydrogens is 246 g/mol. The topological polar surface area (TPSA) is 74.7 Å². The molecule has 0 aromatic carbocycles. The zero-order valence-electron chi connectivity index (χ0n) is 10.5. The van der Waals surface area contributed by atoms with Crippen LogP contribution in [0.25, 0.3) is 0 Å². The number of amides is 2. The number of allylic oxidation sites excluding steroid dienone is 2. The number of carboxylic acids is 1. The number of carboxylic acid groups (broad SMARTS) is 1. The Kier molecular flexibility index (Phi) is 1.92. The third-order valence-corrected chi connectivity index (χ3v) is 5.44. The van der Waals surface area contributed by atoms with E-state index in [-0.39, 0.29) is 35.5 Å². The second-order valence-corrected chi connectivity index (χ2v) is 6.22. The summed E-state index contributed by atoms with van der Waals surface area (Å²) in [4.78, 5) is 37.0. The van der Waals surface area contributed by atoms with Crippen LogP contribution < -0.4 is 0 Å². The Hall–Kier alpha value is -1.65. The van der Waals surface area contributed by atoms with Crippen molar-refractivity contribution in [1.82, 2.24) is 4.90 Å². The van der Waals surface area contributed by atoms with Crippen LogP contribution in [0.15, 0.2) is 12.2 Å². The summed E-state index contributed by atoms with van der Waals surface area (Å²) in [5.41, 5.74) is 0. The van der Waals surface area contributed by atoms with E-state index < -0.39 is 12.0 Å². The second kappa shape index (κ2) is 3.26. The average molecular weight is 261 g/mol. The van der Waals surface area contributed by atoms with Crippen LogP contribution >= 0.6 is 0 Å². The van der Waals surface area contributed by atoms with E-state index in [0.29, 0.717) is 11.8 Å². The van der Waals surface area contributed by atoms with Gasteiger partial charge in [-0.3, -0.25) is 14.5 Å². The Morgan fingerprint density at radius 2 is 1.68 bits per heavy atom. The van der Waals surface area contributed by atoms with Crippen LogP contribution in [-0.4, -0.2) is 33.8 Å². The Morgan fingerprint density at radius 3 is 2.11 bits per heavy atom. The molecule has 1 N–H and O–H groups in total. The van der Waals surface area contributed by atoms with Gasteiger partial charge in [-0.2, -0.15) is 0 Å². The minimum Gasteiger partial charge on any atom is -0.480 e. The van der Waals surface area contributed by atoms with Crippen LogP contribution in [-0.2, 0) is 14.4 Å². The summed E-state index contributed by atoms with van der Waals surface area (Å²) >= 11 is 0. The van der Waals surface area contributed by atoms with Crippen molar-refractivity contribution in [2.24, 2.45) is 35.5 Å². The highest BCUT2D eigenvalue weighted by Gasteiger charge is 2.67. The summed E-state index contributed by atoms with van der Waals surface area (Å²) in [6.45, 7) is 1.41. The number of nitrogens with zero attached hydrogens (tertiary/aromatic N) is 1. The molecule has 2 amide bonds. The van der Waals surface area contributed by atoms with Gasteiger partial charge in [0.15, 0.2) is 0 Å². The molecule has 2 bridgehead atoms. The fourth-order valence-electron chi connectivity index (χ4n) is 4.47. The number of carbonyl (C=O) groups is 3. The molecule has 5 heteroatoms. The third-order valence-electron chi connectivity index (χ3n) is 5.44. The van der Waals surface area contributed by atoms with Crippen molar-refractivity contribution >= 4 is 17.8 Å². The van der Waals surface area contributed by atoms with Crippen molar-refractivity contribution < 1.29 is 19.5 Å². The summed E-state index contributed by atoms with van der Waals surface area (Å²) < 4.78 is 0. The van der Waals surface area contributed by atoms with E-state index in [4.69, 9.17) is 5.11 Å². The molecule has 3 fully saturated rings.